The van der Waals surface area contributed by atoms with Gasteiger partial charge in [0.1, 0.15) is 28.6 Å². The molecule has 9 heteroatoms. The van der Waals surface area contributed by atoms with Gasteiger partial charge in [-0.2, -0.15) is 0 Å². The molecule has 4 rings (SSSR count). The van der Waals surface area contributed by atoms with Crippen molar-refractivity contribution in [2.45, 2.75) is 19.0 Å². The number of hydrogen-bond acceptors (Lipinski definition) is 8. The molecule has 0 aliphatic rings. The molecule has 190 valence electrons. The van der Waals surface area contributed by atoms with Crippen LogP contribution in [-0.4, -0.2) is 47.2 Å². The van der Waals surface area contributed by atoms with Crippen molar-refractivity contribution < 1.29 is 19.0 Å². The Balaban J connectivity index is 1.58. The smallest absolute Gasteiger partial charge is 0.234 e. The Hall–Kier alpha value is -4.11. The number of amides is 1. The maximum atomic E-state index is 12.6. The second-order valence-electron chi connectivity index (χ2n) is 7.74. The van der Waals surface area contributed by atoms with E-state index in [4.69, 9.17) is 19.2 Å². The van der Waals surface area contributed by atoms with Gasteiger partial charge in [-0.3, -0.25) is 4.79 Å². The maximum absolute atomic E-state index is 12.6. The number of methoxy groups -OCH3 is 1. The Labute approximate surface area is 220 Å². The molecule has 0 aliphatic heterocycles. The van der Waals surface area contributed by atoms with Crippen molar-refractivity contribution in [3.63, 3.8) is 0 Å². The first-order valence-electron chi connectivity index (χ1n) is 11.9. The van der Waals surface area contributed by atoms with Gasteiger partial charge in [0.15, 0.2) is 0 Å². The second-order valence-corrected chi connectivity index (χ2v) is 8.69. The third-order valence-electron chi connectivity index (χ3n) is 5.26. The number of carbonyl (C=O) groups is 1. The fraction of sp³-hybridized carbons (Fsp3) is 0.214. The molecule has 4 aromatic rings. The van der Waals surface area contributed by atoms with E-state index in [1.165, 1.54) is 11.8 Å². The van der Waals surface area contributed by atoms with Crippen LogP contribution in [0.2, 0.25) is 0 Å². The summed E-state index contributed by atoms with van der Waals surface area (Å²) in [7, 11) is 1.56. The Morgan fingerprint density at radius 1 is 0.811 bits per heavy atom. The molecule has 0 unspecified atom stereocenters. The minimum atomic E-state index is -0.198. The molecule has 8 nitrogen and oxygen atoms in total. The summed E-state index contributed by atoms with van der Waals surface area (Å²) in [5.41, 5.74) is 3.63. The first-order chi connectivity index (χ1) is 18.1. The van der Waals surface area contributed by atoms with E-state index < -0.39 is 0 Å². The van der Waals surface area contributed by atoms with Crippen molar-refractivity contribution in [3.05, 3.63) is 72.8 Å². The Kier molecular flexibility index (Phi) is 8.93. The fourth-order valence-electron chi connectivity index (χ4n) is 3.58. The van der Waals surface area contributed by atoms with Gasteiger partial charge in [0.25, 0.3) is 0 Å². The second kappa shape index (κ2) is 12.7. The molecular formula is C28H28N4O4S. The van der Waals surface area contributed by atoms with Crippen LogP contribution in [0, 0.1) is 0 Å². The topological polar surface area (TPSA) is 95.5 Å². The van der Waals surface area contributed by atoms with E-state index in [1.54, 1.807) is 19.2 Å². The number of benzene rings is 3. The average molecular weight is 517 g/mol. The molecule has 0 spiro atoms. The number of thioether (sulfide) groups is 1. The van der Waals surface area contributed by atoms with E-state index in [1.807, 2.05) is 74.5 Å². The molecule has 0 aliphatic carbocycles. The standard InChI is InChI=1S/C28H28N4O4S/c1-4-35-21-14-10-19(11-15-21)26-27(20-12-16-22(17-13-20)36-5-2)31-32-28(30-26)37-18-25(33)29-23-8-6-7-9-24(23)34-3/h6-17H,4-5,18H2,1-3H3,(H,29,33). The fourth-order valence-corrected chi connectivity index (χ4v) is 4.17. The lowest BCUT2D eigenvalue weighted by atomic mass is 10.0. The van der Waals surface area contributed by atoms with Crippen molar-refractivity contribution >= 4 is 23.4 Å². The van der Waals surface area contributed by atoms with Crippen LogP contribution in [0.5, 0.6) is 17.2 Å². The maximum Gasteiger partial charge on any atom is 0.234 e. The predicted molar refractivity (Wildman–Crippen MR) is 145 cm³/mol. The minimum absolute atomic E-state index is 0.116. The van der Waals surface area contributed by atoms with Gasteiger partial charge >= 0.3 is 0 Å². The minimum Gasteiger partial charge on any atom is -0.495 e. The van der Waals surface area contributed by atoms with Crippen molar-refractivity contribution in [1.29, 1.82) is 0 Å². The van der Waals surface area contributed by atoms with Crippen LogP contribution in [-0.2, 0) is 4.79 Å². The van der Waals surface area contributed by atoms with Crippen LogP contribution in [0.25, 0.3) is 22.5 Å². The van der Waals surface area contributed by atoms with Gasteiger partial charge < -0.3 is 19.5 Å². The van der Waals surface area contributed by atoms with E-state index in [0.717, 1.165) is 22.6 Å². The summed E-state index contributed by atoms with van der Waals surface area (Å²) in [6, 6.07) is 22.6. The monoisotopic (exact) mass is 516 g/mol. The van der Waals surface area contributed by atoms with E-state index in [9.17, 15) is 4.79 Å². The van der Waals surface area contributed by atoms with Crippen molar-refractivity contribution in [3.8, 4) is 39.8 Å². The van der Waals surface area contributed by atoms with Gasteiger partial charge in [-0.05, 0) is 74.5 Å². The Morgan fingerprint density at radius 2 is 1.41 bits per heavy atom. The normalized spacial score (nSPS) is 10.6. The quantitative estimate of drug-likeness (QED) is 0.252. The number of aromatic nitrogens is 3. The molecule has 0 saturated heterocycles. The third kappa shape index (κ3) is 6.77. The zero-order chi connectivity index (χ0) is 26.0. The predicted octanol–water partition coefficient (Wildman–Crippen LogP) is 5.74. The molecule has 37 heavy (non-hydrogen) atoms. The molecule has 1 heterocycles. The lowest BCUT2D eigenvalue weighted by Crippen LogP contribution is -2.15. The van der Waals surface area contributed by atoms with E-state index in [-0.39, 0.29) is 11.7 Å². The number of nitrogens with zero attached hydrogens (tertiary/aromatic N) is 3. The van der Waals surface area contributed by atoms with Crippen LogP contribution in [0.15, 0.2) is 78.0 Å². The molecule has 1 N–H and O–H groups in total. The molecule has 0 fully saturated rings. The summed E-state index contributed by atoms with van der Waals surface area (Å²) >= 11 is 1.21. The van der Waals surface area contributed by atoms with Gasteiger partial charge in [-0.1, -0.05) is 23.9 Å². The van der Waals surface area contributed by atoms with Crippen LogP contribution < -0.4 is 19.5 Å². The molecule has 0 atom stereocenters. The summed E-state index contributed by atoms with van der Waals surface area (Å²) in [6.45, 7) is 5.07. The number of para-hydroxylation sites is 2. The summed E-state index contributed by atoms with van der Waals surface area (Å²) in [4.78, 5) is 17.4. The molecule has 0 radical (unpaired) electrons. The highest BCUT2D eigenvalue weighted by atomic mass is 32.2. The van der Waals surface area contributed by atoms with Crippen LogP contribution in [0.1, 0.15) is 13.8 Å². The number of ether oxygens (including phenoxy) is 3. The van der Waals surface area contributed by atoms with Crippen molar-refractivity contribution in [2.24, 2.45) is 0 Å². The zero-order valence-corrected chi connectivity index (χ0v) is 21.7. The van der Waals surface area contributed by atoms with Crippen molar-refractivity contribution in [2.75, 3.05) is 31.4 Å². The van der Waals surface area contributed by atoms with Gasteiger partial charge in [-0.15, -0.1) is 10.2 Å². The SMILES string of the molecule is CCOc1ccc(-c2nnc(SCC(=O)Nc3ccccc3OC)nc2-c2ccc(OCC)cc2)cc1. The Morgan fingerprint density at radius 3 is 2.00 bits per heavy atom. The average Bonchev–Trinajstić information content (AvgIpc) is 2.93. The number of rotatable bonds is 11. The van der Waals surface area contributed by atoms with E-state index in [2.05, 4.69) is 15.5 Å². The summed E-state index contributed by atoms with van der Waals surface area (Å²) < 4.78 is 16.4. The summed E-state index contributed by atoms with van der Waals surface area (Å²) in [5.74, 6) is 2.07. The van der Waals surface area contributed by atoms with E-state index in [0.29, 0.717) is 41.2 Å². The zero-order valence-electron chi connectivity index (χ0n) is 20.9. The molecule has 0 saturated carbocycles. The highest BCUT2D eigenvalue weighted by molar-refractivity contribution is 7.99. The molecule has 1 aromatic heterocycles. The molecule has 3 aromatic carbocycles. The lowest BCUT2D eigenvalue weighted by Gasteiger charge is -2.12. The van der Waals surface area contributed by atoms with Gasteiger partial charge in [0, 0.05) is 11.1 Å². The van der Waals surface area contributed by atoms with Gasteiger partial charge in [-0.25, -0.2) is 4.98 Å². The Bertz CT molecular complexity index is 1330. The summed E-state index contributed by atoms with van der Waals surface area (Å²) in [6.07, 6.45) is 0. The number of anilines is 1. The van der Waals surface area contributed by atoms with Crippen molar-refractivity contribution in [1.82, 2.24) is 15.2 Å². The largest absolute Gasteiger partial charge is 0.495 e. The molecule has 0 bridgehead atoms. The van der Waals surface area contributed by atoms with E-state index >= 15 is 0 Å². The first-order valence-corrected chi connectivity index (χ1v) is 12.9. The highest BCUT2D eigenvalue weighted by Gasteiger charge is 2.16. The number of hydrogen-bond donors (Lipinski definition) is 1. The number of carbonyl (C=O) groups excluding carboxylic acids is 1. The van der Waals surface area contributed by atoms with Crippen LogP contribution in [0.4, 0.5) is 5.69 Å². The molecular weight excluding hydrogens is 488 g/mol. The van der Waals surface area contributed by atoms with Crippen LogP contribution in [0.3, 0.4) is 0 Å². The lowest BCUT2D eigenvalue weighted by molar-refractivity contribution is -0.113. The van der Waals surface area contributed by atoms with Gasteiger partial charge in [0.05, 0.1) is 31.8 Å². The first kappa shape index (κ1) is 26.0. The van der Waals surface area contributed by atoms with Crippen LogP contribution >= 0.6 is 11.8 Å². The number of nitrogens with one attached hydrogen (secondary N) is 1. The molecule has 1 amide bonds. The van der Waals surface area contributed by atoms with Gasteiger partial charge in [0.2, 0.25) is 11.1 Å². The summed E-state index contributed by atoms with van der Waals surface area (Å²) in [5, 5.41) is 12.1. The third-order valence-corrected chi connectivity index (χ3v) is 6.10. The highest BCUT2D eigenvalue weighted by Crippen LogP contribution is 2.32.